The van der Waals surface area contributed by atoms with Crippen molar-refractivity contribution in [3.8, 4) is 11.4 Å². The zero-order chi connectivity index (χ0) is 16.9. The van der Waals surface area contributed by atoms with Crippen molar-refractivity contribution in [1.29, 1.82) is 0 Å². The van der Waals surface area contributed by atoms with Gasteiger partial charge < -0.3 is 14.7 Å². The van der Waals surface area contributed by atoms with Gasteiger partial charge in [0, 0.05) is 12.6 Å². The summed E-state index contributed by atoms with van der Waals surface area (Å²) in [5.41, 5.74) is 1.39. The van der Waals surface area contributed by atoms with E-state index in [2.05, 4.69) is 9.97 Å². The molecule has 2 heterocycles. The van der Waals surface area contributed by atoms with Gasteiger partial charge in [0.25, 0.3) is 11.5 Å². The second-order valence-corrected chi connectivity index (χ2v) is 6.19. The lowest BCUT2D eigenvalue weighted by molar-refractivity contribution is 0.0856. The van der Waals surface area contributed by atoms with E-state index in [1.165, 1.54) is 4.57 Å². The van der Waals surface area contributed by atoms with E-state index in [0.29, 0.717) is 22.5 Å². The van der Waals surface area contributed by atoms with Crippen molar-refractivity contribution in [2.45, 2.75) is 12.3 Å². The Kier molecular flexibility index (Phi) is 3.31. The van der Waals surface area contributed by atoms with E-state index in [4.69, 9.17) is 17.0 Å². The summed E-state index contributed by atoms with van der Waals surface area (Å²) < 4.78 is 32.7. The molecule has 8 heteroatoms. The fraction of sp³-hybridized carbons (Fsp3) is 0.250. The molecule has 24 heavy (non-hydrogen) atoms. The molecule has 0 bridgehead atoms. The van der Waals surface area contributed by atoms with Crippen molar-refractivity contribution in [1.82, 2.24) is 14.5 Å². The number of ether oxygens (including phenoxy) is 1. The predicted octanol–water partition coefficient (Wildman–Crippen LogP) is 3.41. The van der Waals surface area contributed by atoms with Gasteiger partial charge in [-0.3, -0.25) is 9.36 Å². The maximum atomic E-state index is 12.8. The molecule has 1 aliphatic carbocycles. The van der Waals surface area contributed by atoms with Gasteiger partial charge in [0.1, 0.15) is 11.3 Å². The smallest absolute Gasteiger partial charge is 0.283 e. The second-order valence-electron chi connectivity index (χ2n) is 5.80. The lowest BCUT2D eigenvalue weighted by atomic mass is 10.3. The Morgan fingerprint density at radius 1 is 1.29 bits per heavy atom. The average molecular weight is 349 g/mol. The van der Waals surface area contributed by atoms with Crippen LogP contribution in [0.1, 0.15) is 6.42 Å². The van der Waals surface area contributed by atoms with E-state index >= 15 is 0 Å². The molecule has 124 valence electrons. The summed E-state index contributed by atoms with van der Waals surface area (Å²) in [6.07, 6.45) is 1.54. The van der Waals surface area contributed by atoms with Crippen molar-refractivity contribution in [3.63, 3.8) is 0 Å². The monoisotopic (exact) mass is 349 g/mol. The molecule has 0 aliphatic heterocycles. The highest BCUT2D eigenvalue weighted by Gasteiger charge is 2.57. The van der Waals surface area contributed by atoms with E-state index in [1.807, 2.05) is 0 Å². The van der Waals surface area contributed by atoms with E-state index in [0.717, 1.165) is 0 Å². The van der Waals surface area contributed by atoms with Crippen LogP contribution in [0.15, 0.2) is 41.3 Å². The first-order valence-electron chi connectivity index (χ1n) is 7.39. The molecule has 0 saturated heterocycles. The summed E-state index contributed by atoms with van der Waals surface area (Å²) in [5, 5.41) is 0. The fourth-order valence-electron chi connectivity index (χ4n) is 2.60. The van der Waals surface area contributed by atoms with Gasteiger partial charge in [0.15, 0.2) is 4.77 Å². The minimum Gasteiger partial charge on any atom is -0.493 e. The Morgan fingerprint density at radius 3 is 2.67 bits per heavy atom. The standard InChI is InChI=1S/C16H13F2N3O2S/c17-16(18)7-9(16)8-23-11-3-1-10(2-4-11)21-14(22)13-12(5-6-19-13)20-15(21)24/h1-6,9,19H,7-8H2,(H,20,24). The van der Waals surface area contributed by atoms with Crippen molar-refractivity contribution < 1.29 is 13.5 Å². The lowest BCUT2D eigenvalue weighted by Gasteiger charge is -2.09. The average Bonchev–Trinajstić information content (AvgIpc) is 2.94. The van der Waals surface area contributed by atoms with Crippen LogP contribution in [-0.4, -0.2) is 27.1 Å². The number of hydrogen-bond acceptors (Lipinski definition) is 3. The molecule has 1 aromatic carbocycles. The molecular formula is C16H13F2N3O2S. The molecular weight excluding hydrogens is 336 g/mol. The summed E-state index contributed by atoms with van der Waals surface area (Å²) in [5.74, 6) is -2.82. The molecule has 5 nitrogen and oxygen atoms in total. The van der Waals surface area contributed by atoms with Gasteiger partial charge in [0.05, 0.1) is 23.7 Å². The topological polar surface area (TPSA) is 62.8 Å². The third-order valence-electron chi connectivity index (χ3n) is 4.11. The molecule has 2 N–H and O–H groups in total. The number of nitrogens with zero attached hydrogens (tertiary/aromatic N) is 1. The van der Waals surface area contributed by atoms with E-state index in [9.17, 15) is 13.6 Å². The summed E-state index contributed by atoms with van der Waals surface area (Å²) >= 11 is 5.25. The zero-order valence-corrected chi connectivity index (χ0v) is 13.2. The predicted molar refractivity (Wildman–Crippen MR) is 87.6 cm³/mol. The third kappa shape index (κ3) is 2.52. The summed E-state index contributed by atoms with van der Waals surface area (Å²) in [6, 6.07) is 8.34. The van der Waals surface area contributed by atoms with E-state index in [1.54, 1.807) is 36.5 Å². The molecule has 0 radical (unpaired) electrons. The first-order valence-corrected chi connectivity index (χ1v) is 7.80. The molecule has 3 aromatic rings. The van der Waals surface area contributed by atoms with Gasteiger partial charge in [-0.15, -0.1) is 0 Å². The van der Waals surface area contributed by atoms with Crippen molar-refractivity contribution in [2.24, 2.45) is 5.92 Å². The van der Waals surface area contributed by atoms with Crippen LogP contribution in [0.2, 0.25) is 0 Å². The quantitative estimate of drug-likeness (QED) is 0.710. The Balaban J connectivity index is 1.61. The lowest BCUT2D eigenvalue weighted by Crippen LogP contribution is -2.20. The van der Waals surface area contributed by atoms with Gasteiger partial charge in [0.2, 0.25) is 0 Å². The van der Waals surface area contributed by atoms with Crippen LogP contribution in [-0.2, 0) is 0 Å². The molecule has 2 aromatic heterocycles. The first-order chi connectivity index (χ1) is 11.5. The van der Waals surface area contributed by atoms with Crippen LogP contribution < -0.4 is 10.3 Å². The number of aromatic nitrogens is 3. The fourth-order valence-corrected chi connectivity index (χ4v) is 2.90. The highest BCUT2D eigenvalue weighted by atomic mass is 32.1. The maximum Gasteiger partial charge on any atom is 0.283 e. The minimum atomic E-state index is -2.59. The molecule has 1 atom stereocenters. The van der Waals surface area contributed by atoms with Crippen LogP contribution in [0.3, 0.4) is 0 Å². The Bertz CT molecular complexity index is 1020. The summed E-state index contributed by atoms with van der Waals surface area (Å²) in [4.78, 5) is 18.4. The maximum absolute atomic E-state index is 12.8. The third-order valence-corrected chi connectivity index (χ3v) is 4.40. The SMILES string of the molecule is O=c1c2[nH]ccc2[nH]c(=S)n1-c1ccc(OCC2CC2(F)F)cc1. The normalized spacial score (nSPS) is 18.7. The number of hydrogen-bond donors (Lipinski definition) is 2. The first kappa shape index (κ1) is 15.1. The van der Waals surface area contributed by atoms with Crippen LogP contribution in [0.5, 0.6) is 5.75 Å². The number of H-pyrrole nitrogens is 2. The number of alkyl halides is 2. The summed E-state index contributed by atoms with van der Waals surface area (Å²) in [6.45, 7) is -0.0131. The van der Waals surface area contributed by atoms with Crippen molar-refractivity contribution in [2.75, 3.05) is 6.61 Å². The number of halogens is 2. The van der Waals surface area contributed by atoms with E-state index in [-0.39, 0.29) is 23.4 Å². The van der Waals surface area contributed by atoms with Gasteiger partial charge in [-0.2, -0.15) is 0 Å². The van der Waals surface area contributed by atoms with Crippen LogP contribution in [0.25, 0.3) is 16.7 Å². The second kappa shape index (κ2) is 5.27. The van der Waals surface area contributed by atoms with Crippen LogP contribution >= 0.6 is 12.2 Å². The Morgan fingerprint density at radius 2 is 2.00 bits per heavy atom. The molecule has 0 spiro atoms. The molecule has 1 unspecified atom stereocenters. The number of rotatable bonds is 4. The van der Waals surface area contributed by atoms with Crippen LogP contribution in [0.4, 0.5) is 8.78 Å². The highest BCUT2D eigenvalue weighted by Crippen LogP contribution is 2.48. The van der Waals surface area contributed by atoms with Crippen molar-refractivity contribution in [3.05, 3.63) is 51.7 Å². The molecule has 1 fully saturated rings. The van der Waals surface area contributed by atoms with Crippen molar-refractivity contribution >= 4 is 23.3 Å². The van der Waals surface area contributed by atoms with Gasteiger partial charge in [-0.1, -0.05) is 0 Å². The molecule has 0 amide bonds. The molecule has 1 saturated carbocycles. The summed E-state index contributed by atoms with van der Waals surface area (Å²) in [7, 11) is 0. The van der Waals surface area contributed by atoms with Gasteiger partial charge >= 0.3 is 0 Å². The zero-order valence-electron chi connectivity index (χ0n) is 12.4. The number of fused-ring (bicyclic) bond motifs is 1. The minimum absolute atomic E-state index is 0.0131. The molecule has 4 rings (SSSR count). The Labute approximate surface area is 139 Å². The molecule has 1 aliphatic rings. The van der Waals surface area contributed by atoms with Gasteiger partial charge in [-0.05, 0) is 42.5 Å². The van der Waals surface area contributed by atoms with Gasteiger partial charge in [-0.25, -0.2) is 8.78 Å². The number of nitrogens with one attached hydrogen (secondary N) is 2. The Hall–Kier alpha value is -2.48. The highest BCUT2D eigenvalue weighted by molar-refractivity contribution is 7.71. The number of aromatic amines is 2. The van der Waals surface area contributed by atoms with Crippen LogP contribution in [0, 0.1) is 10.7 Å². The largest absolute Gasteiger partial charge is 0.493 e. The number of benzene rings is 1. The van der Waals surface area contributed by atoms with E-state index < -0.39 is 11.8 Å².